The first-order valence-electron chi connectivity index (χ1n) is 7.17. The lowest BCUT2D eigenvalue weighted by molar-refractivity contribution is -0.141. The van der Waals surface area contributed by atoms with Gasteiger partial charge in [0.15, 0.2) is 0 Å². The molecule has 0 atom stereocenters. The van der Waals surface area contributed by atoms with Gasteiger partial charge in [-0.25, -0.2) is 15.0 Å². The van der Waals surface area contributed by atoms with Crippen LogP contribution in [0.3, 0.4) is 0 Å². The van der Waals surface area contributed by atoms with Gasteiger partial charge in [-0.05, 0) is 0 Å². The highest BCUT2D eigenvalue weighted by molar-refractivity contribution is 5.92. The first kappa shape index (κ1) is 16.2. The second kappa shape index (κ2) is 5.77. The molecule has 0 N–H and O–H groups in total. The molecule has 2 aromatic heterocycles. The highest BCUT2D eigenvalue weighted by Crippen LogP contribution is 2.29. The molecule has 0 fully saturated rings. The number of hydrogen-bond donors (Lipinski definition) is 0. The molecule has 7 nitrogen and oxygen atoms in total. The maximum absolute atomic E-state index is 12.8. The molecule has 0 aromatic carbocycles. The lowest BCUT2D eigenvalue weighted by atomic mass is 10.3. The van der Waals surface area contributed by atoms with Gasteiger partial charge in [0.25, 0.3) is 5.91 Å². The fraction of sp³-hybridized carbons (Fsp3) is 0.429. The van der Waals surface area contributed by atoms with E-state index in [1.165, 1.54) is 11.1 Å². The van der Waals surface area contributed by atoms with Gasteiger partial charge in [0.2, 0.25) is 0 Å². The summed E-state index contributed by atoms with van der Waals surface area (Å²) in [7, 11) is 3.30. The predicted molar refractivity (Wildman–Crippen MR) is 78.3 cm³/mol. The highest BCUT2D eigenvalue weighted by atomic mass is 19.4. The fourth-order valence-corrected chi connectivity index (χ4v) is 2.53. The van der Waals surface area contributed by atoms with Gasteiger partial charge < -0.3 is 14.4 Å². The molecule has 3 heterocycles. The van der Waals surface area contributed by atoms with Crippen LogP contribution in [0.25, 0.3) is 0 Å². The molecule has 0 saturated carbocycles. The number of anilines is 1. The number of alkyl halides is 3. The number of imidazole rings is 1. The molecule has 0 radical (unpaired) electrons. The van der Waals surface area contributed by atoms with Gasteiger partial charge in [-0.3, -0.25) is 4.79 Å². The average Bonchev–Trinajstić information content (AvgIpc) is 2.96. The maximum atomic E-state index is 12.8. The molecule has 1 amide bonds. The predicted octanol–water partition coefficient (Wildman–Crippen LogP) is 1.41. The van der Waals surface area contributed by atoms with Crippen molar-refractivity contribution in [3.63, 3.8) is 0 Å². The van der Waals surface area contributed by atoms with Crippen molar-refractivity contribution in [1.29, 1.82) is 0 Å². The molecule has 1 aliphatic heterocycles. The Hall–Kier alpha value is -2.65. The van der Waals surface area contributed by atoms with Gasteiger partial charge in [0.1, 0.15) is 29.4 Å². The van der Waals surface area contributed by atoms with Crippen molar-refractivity contribution < 1.29 is 18.0 Å². The molecular formula is C14H15F3N6O. The van der Waals surface area contributed by atoms with E-state index in [-0.39, 0.29) is 18.3 Å². The van der Waals surface area contributed by atoms with Gasteiger partial charge in [-0.1, -0.05) is 0 Å². The van der Waals surface area contributed by atoms with Crippen LogP contribution in [0.4, 0.5) is 19.0 Å². The summed E-state index contributed by atoms with van der Waals surface area (Å²) in [5, 5.41) is 0. The third kappa shape index (κ3) is 2.91. The van der Waals surface area contributed by atoms with Crippen molar-refractivity contribution in [1.82, 2.24) is 24.4 Å². The smallest absolute Gasteiger partial charge is 0.347 e. The quantitative estimate of drug-likeness (QED) is 0.827. The number of fused-ring (bicyclic) bond motifs is 1. The SMILES string of the molecule is CN(C)C(=O)c1cnc2n1CCN(c1cc(C(F)(F)F)ncn1)C2. The molecule has 24 heavy (non-hydrogen) atoms. The van der Waals surface area contributed by atoms with E-state index < -0.39 is 11.9 Å². The molecule has 0 aliphatic carbocycles. The Morgan fingerprint density at radius 1 is 1.21 bits per heavy atom. The second-order valence-corrected chi connectivity index (χ2v) is 5.59. The van der Waals surface area contributed by atoms with Gasteiger partial charge in [0, 0.05) is 33.3 Å². The number of carbonyl (C=O) groups excluding carboxylic acids is 1. The van der Waals surface area contributed by atoms with E-state index in [9.17, 15) is 18.0 Å². The van der Waals surface area contributed by atoms with Crippen LogP contribution < -0.4 is 4.90 Å². The van der Waals surface area contributed by atoms with Gasteiger partial charge in [0.05, 0.1) is 12.7 Å². The van der Waals surface area contributed by atoms with Crippen LogP contribution in [0.15, 0.2) is 18.6 Å². The summed E-state index contributed by atoms with van der Waals surface area (Å²) in [6.07, 6.45) is -2.13. The Kier molecular flexibility index (Phi) is 3.90. The van der Waals surface area contributed by atoms with E-state index in [0.29, 0.717) is 24.6 Å². The Morgan fingerprint density at radius 2 is 1.96 bits per heavy atom. The lowest BCUT2D eigenvalue weighted by Gasteiger charge is -2.29. The fourth-order valence-electron chi connectivity index (χ4n) is 2.53. The van der Waals surface area contributed by atoms with Gasteiger partial charge in [-0.2, -0.15) is 13.2 Å². The molecule has 3 rings (SSSR count). The largest absolute Gasteiger partial charge is 0.433 e. The van der Waals surface area contributed by atoms with Gasteiger partial charge >= 0.3 is 6.18 Å². The van der Waals surface area contributed by atoms with Crippen LogP contribution in [0.1, 0.15) is 22.0 Å². The van der Waals surface area contributed by atoms with Crippen molar-refractivity contribution in [3.8, 4) is 0 Å². The van der Waals surface area contributed by atoms with Crippen molar-refractivity contribution in [3.05, 3.63) is 35.8 Å². The Bertz CT molecular complexity index is 770. The molecule has 0 spiro atoms. The minimum absolute atomic E-state index is 0.163. The van der Waals surface area contributed by atoms with Crippen molar-refractivity contribution in [2.75, 3.05) is 25.5 Å². The third-order valence-electron chi connectivity index (χ3n) is 3.76. The summed E-state index contributed by atoms with van der Waals surface area (Å²) in [5.41, 5.74) is -0.516. The van der Waals surface area contributed by atoms with E-state index in [1.807, 2.05) is 0 Å². The van der Waals surface area contributed by atoms with Crippen LogP contribution in [-0.2, 0) is 19.3 Å². The van der Waals surface area contributed by atoms with Gasteiger partial charge in [-0.15, -0.1) is 0 Å². The molecule has 0 unspecified atom stereocenters. The normalized spacial score (nSPS) is 14.5. The number of nitrogens with zero attached hydrogens (tertiary/aromatic N) is 6. The number of rotatable bonds is 2. The number of halogens is 3. The second-order valence-electron chi connectivity index (χ2n) is 5.59. The summed E-state index contributed by atoms with van der Waals surface area (Å²) in [4.78, 5) is 26.6. The minimum Gasteiger partial charge on any atom is -0.347 e. The van der Waals surface area contributed by atoms with E-state index >= 15 is 0 Å². The summed E-state index contributed by atoms with van der Waals surface area (Å²) in [6.45, 7) is 1.13. The zero-order valence-electron chi connectivity index (χ0n) is 13.1. The number of aromatic nitrogens is 4. The van der Waals surface area contributed by atoms with E-state index in [2.05, 4.69) is 15.0 Å². The summed E-state index contributed by atoms with van der Waals surface area (Å²) in [5.74, 6) is 0.634. The van der Waals surface area contributed by atoms with Crippen LogP contribution in [-0.4, -0.2) is 51.0 Å². The molecule has 1 aliphatic rings. The molecule has 0 bridgehead atoms. The Balaban J connectivity index is 1.85. The molecular weight excluding hydrogens is 325 g/mol. The zero-order chi connectivity index (χ0) is 17.5. The van der Waals surface area contributed by atoms with Crippen LogP contribution in [0, 0.1) is 0 Å². The van der Waals surface area contributed by atoms with Crippen LogP contribution >= 0.6 is 0 Å². The molecule has 2 aromatic rings. The molecule has 10 heteroatoms. The lowest BCUT2D eigenvalue weighted by Crippen LogP contribution is -2.36. The van der Waals surface area contributed by atoms with E-state index in [0.717, 1.165) is 12.4 Å². The van der Waals surface area contributed by atoms with E-state index in [1.54, 1.807) is 23.6 Å². The van der Waals surface area contributed by atoms with E-state index in [4.69, 9.17) is 0 Å². The van der Waals surface area contributed by atoms with Crippen LogP contribution in [0.5, 0.6) is 0 Å². The zero-order valence-corrected chi connectivity index (χ0v) is 13.1. The van der Waals surface area contributed by atoms with Crippen molar-refractivity contribution in [2.45, 2.75) is 19.3 Å². The molecule has 0 saturated heterocycles. The molecule has 128 valence electrons. The minimum atomic E-state index is -4.52. The number of hydrogen-bond acceptors (Lipinski definition) is 5. The van der Waals surface area contributed by atoms with Crippen molar-refractivity contribution in [2.24, 2.45) is 0 Å². The Labute approximate surface area is 135 Å². The number of carbonyl (C=O) groups is 1. The summed E-state index contributed by atoms with van der Waals surface area (Å²) in [6, 6.07) is 0.921. The summed E-state index contributed by atoms with van der Waals surface area (Å²) < 4.78 is 40.1. The topological polar surface area (TPSA) is 67.2 Å². The third-order valence-corrected chi connectivity index (χ3v) is 3.76. The van der Waals surface area contributed by atoms with Crippen molar-refractivity contribution >= 4 is 11.7 Å². The first-order chi connectivity index (χ1) is 11.3. The first-order valence-corrected chi connectivity index (χ1v) is 7.17. The Morgan fingerprint density at radius 3 is 2.62 bits per heavy atom. The standard InChI is InChI=1S/C14H15F3N6O/c1-21(2)13(24)9-6-18-12-7-22(3-4-23(9)12)11-5-10(14(15,16)17)19-8-20-11/h5-6,8H,3-4,7H2,1-2H3. The summed E-state index contributed by atoms with van der Waals surface area (Å²) >= 11 is 0. The average molecular weight is 340 g/mol. The monoisotopic (exact) mass is 340 g/mol. The van der Waals surface area contributed by atoms with Crippen LogP contribution in [0.2, 0.25) is 0 Å². The highest BCUT2D eigenvalue weighted by Gasteiger charge is 2.33. The maximum Gasteiger partial charge on any atom is 0.433 e. The number of amides is 1.